The number of hydrogen-bond donors (Lipinski definition) is 3. The van der Waals surface area contributed by atoms with Gasteiger partial charge in [0, 0.05) is 6.08 Å². The lowest BCUT2D eigenvalue weighted by Gasteiger charge is -2.25. The Morgan fingerprint density at radius 3 is 2.16 bits per heavy atom. The maximum absolute atomic E-state index is 13.2. The molecule has 4 amide bonds. The molecule has 37 heavy (non-hydrogen) atoms. The first-order valence-electron chi connectivity index (χ1n) is 12.3. The molecular weight excluding hydrogens is 470 g/mol. The molecule has 8 nitrogen and oxygen atoms in total. The number of carbonyl (C=O) groups excluding carboxylic acids is 5. The Kier molecular flexibility index (Phi) is 9.11. The van der Waals surface area contributed by atoms with Crippen LogP contribution >= 0.6 is 0 Å². The van der Waals surface area contributed by atoms with Gasteiger partial charge in [0.25, 0.3) is 0 Å². The van der Waals surface area contributed by atoms with Crippen molar-refractivity contribution in [3.05, 3.63) is 77.4 Å². The fourth-order valence-corrected chi connectivity index (χ4v) is 4.25. The lowest BCUT2D eigenvalue weighted by Crippen LogP contribution is -2.49. The third-order valence-corrected chi connectivity index (χ3v) is 6.45. The van der Waals surface area contributed by atoms with E-state index >= 15 is 0 Å². The van der Waals surface area contributed by atoms with Gasteiger partial charge in [-0.2, -0.15) is 0 Å². The first kappa shape index (κ1) is 27.5. The molecule has 4 atom stereocenters. The Labute approximate surface area is 216 Å². The molecule has 0 aliphatic carbocycles. The van der Waals surface area contributed by atoms with Crippen LogP contribution in [-0.2, 0) is 24.0 Å². The molecule has 3 rings (SSSR count). The molecule has 8 heteroatoms. The van der Waals surface area contributed by atoms with Gasteiger partial charge in [-0.05, 0) is 30.0 Å². The Morgan fingerprint density at radius 1 is 0.946 bits per heavy atom. The number of rotatable bonds is 10. The molecule has 1 fully saturated rings. The summed E-state index contributed by atoms with van der Waals surface area (Å²) in [6, 6.07) is 15.2. The van der Waals surface area contributed by atoms with Gasteiger partial charge in [-0.1, -0.05) is 80.9 Å². The zero-order valence-electron chi connectivity index (χ0n) is 21.5. The normalized spacial score (nSPS) is 18.9. The maximum Gasteiger partial charge on any atom is 0.244 e. The Hall–Kier alpha value is -4.07. The number of carbonyl (C=O) groups is 5. The number of hydrogen-bond acceptors (Lipinski definition) is 5. The van der Waals surface area contributed by atoms with Crippen LogP contribution in [0.5, 0.6) is 0 Å². The number of amides is 4. The first-order valence-corrected chi connectivity index (χ1v) is 12.3. The highest BCUT2D eigenvalue weighted by Gasteiger charge is 2.46. The summed E-state index contributed by atoms with van der Waals surface area (Å²) >= 11 is 0. The molecule has 2 aromatic carbocycles. The molecule has 0 unspecified atom stereocenters. The fraction of sp³-hybridized carbons (Fsp3) is 0.345. The average molecular weight is 504 g/mol. The van der Waals surface area contributed by atoms with Crippen LogP contribution in [0.25, 0.3) is 6.08 Å². The third-order valence-electron chi connectivity index (χ3n) is 6.45. The fourth-order valence-electron chi connectivity index (χ4n) is 4.25. The predicted octanol–water partition coefficient (Wildman–Crippen LogP) is 2.87. The summed E-state index contributed by atoms with van der Waals surface area (Å²) in [5.74, 6) is -4.71. The second-order valence-electron chi connectivity index (χ2n) is 9.73. The van der Waals surface area contributed by atoms with Crippen LogP contribution in [0.1, 0.15) is 49.9 Å². The van der Waals surface area contributed by atoms with Crippen LogP contribution in [0.2, 0.25) is 0 Å². The molecule has 3 N–H and O–H groups in total. The van der Waals surface area contributed by atoms with Gasteiger partial charge >= 0.3 is 0 Å². The van der Waals surface area contributed by atoms with Crippen molar-refractivity contribution in [2.75, 3.05) is 0 Å². The van der Waals surface area contributed by atoms with Crippen LogP contribution < -0.4 is 16.0 Å². The summed E-state index contributed by atoms with van der Waals surface area (Å²) in [6.07, 6.45) is 2.99. The minimum absolute atomic E-state index is 0.115. The first-order chi connectivity index (χ1) is 17.6. The lowest BCUT2D eigenvalue weighted by atomic mass is 9.85. The lowest BCUT2D eigenvalue weighted by molar-refractivity contribution is -0.137. The topological polar surface area (TPSA) is 121 Å². The summed E-state index contributed by atoms with van der Waals surface area (Å²) in [6.45, 7) is 7.02. The van der Waals surface area contributed by atoms with Crippen molar-refractivity contribution in [2.24, 2.45) is 17.8 Å². The van der Waals surface area contributed by atoms with Crippen LogP contribution in [0.3, 0.4) is 0 Å². The van der Waals surface area contributed by atoms with E-state index in [9.17, 15) is 24.0 Å². The number of Topliss-reactive ketones (excluding diaryl/α,β-unsaturated/α-hetero) is 1. The van der Waals surface area contributed by atoms with E-state index in [0.29, 0.717) is 0 Å². The molecule has 0 radical (unpaired) electrons. The van der Waals surface area contributed by atoms with E-state index in [1.807, 2.05) is 61.5 Å². The van der Waals surface area contributed by atoms with Gasteiger partial charge in [0.1, 0.15) is 5.92 Å². The standard InChI is InChI=1S/C29H33N3O5/c1-17(2)26(27(35)25-19(4)28(36)32-29(25)37)31-24(34)16-22(21-8-6-5-7-9-21)30-23(33)15-14-20-12-10-18(3)11-13-20/h5-15,17,19,22,25-26H,16H2,1-4H3,(H,30,33)(H,31,34)(H,32,36,37)/b15-14+/t19-,22-,25+,26-/m0/s1. The highest BCUT2D eigenvalue weighted by Crippen LogP contribution is 2.24. The quantitative estimate of drug-likeness (QED) is 0.262. The van der Waals surface area contributed by atoms with Crippen molar-refractivity contribution in [2.45, 2.75) is 46.2 Å². The predicted molar refractivity (Wildman–Crippen MR) is 140 cm³/mol. The van der Waals surface area contributed by atoms with Gasteiger partial charge in [-0.25, -0.2) is 0 Å². The van der Waals surface area contributed by atoms with Crippen molar-refractivity contribution in [3.8, 4) is 0 Å². The Balaban J connectivity index is 1.72. The van der Waals surface area contributed by atoms with E-state index in [-0.39, 0.29) is 18.2 Å². The second-order valence-corrected chi connectivity index (χ2v) is 9.73. The molecule has 2 aromatic rings. The minimum atomic E-state index is -1.14. The number of ketones is 1. The van der Waals surface area contributed by atoms with E-state index in [1.54, 1.807) is 19.9 Å². The van der Waals surface area contributed by atoms with Crippen LogP contribution in [0.15, 0.2) is 60.7 Å². The van der Waals surface area contributed by atoms with E-state index in [2.05, 4.69) is 16.0 Å². The molecule has 1 heterocycles. The van der Waals surface area contributed by atoms with Gasteiger partial charge in [-0.15, -0.1) is 0 Å². The van der Waals surface area contributed by atoms with Crippen molar-refractivity contribution in [1.82, 2.24) is 16.0 Å². The smallest absolute Gasteiger partial charge is 0.244 e. The molecule has 0 aromatic heterocycles. The van der Waals surface area contributed by atoms with Gasteiger partial charge in [0.05, 0.1) is 24.4 Å². The molecule has 1 aliphatic rings. The highest BCUT2D eigenvalue weighted by molar-refractivity contribution is 6.16. The third kappa shape index (κ3) is 7.22. The van der Waals surface area contributed by atoms with Crippen molar-refractivity contribution in [1.29, 1.82) is 0 Å². The van der Waals surface area contributed by atoms with E-state index in [1.165, 1.54) is 13.0 Å². The molecule has 0 spiro atoms. The molecule has 194 valence electrons. The summed E-state index contributed by atoms with van der Waals surface area (Å²) in [5, 5.41) is 7.79. The summed E-state index contributed by atoms with van der Waals surface area (Å²) < 4.78 is 0. The van der Waals surface area contributed by atoms with Gasteiger partial charge < -0.3 is 10.6 Å². The van der Waals surface area contributed by atoms with Crippen molar-refractivity contribution >= 4 is 35.5 Å². The largest absolute Gasteiger partial charge is 0.346 e. The molecule has 1 saturated heterocycles. The molecule has 1 aliphatic heterocycles. The monoisotopic (exact) mass is 503 g/mol. The minimum Gasteiger partial charge on any atom is -0.346 e. The molecule has 0 bridgehead atoms. The Morgan fingerprint density at radius 2 is 1.59 bits per heavy atom. The summed E-state index contributed by atoms with van der Waals surface area (Å²) in [7, 11) is 0. The van der Waals surface area contributed by atoms with Gasteiger partial charge in [0.15, 0.2) is 5.78 Å². The van der Waals surface area contributed by atoms with Crippen LogP contribution in [0.4, 0.5) is 0 Å². The van der Waals surface area contributed by atoms with E-state index < -0.39 is 47.4 Å². The van der Waals surface area contributed by atoms with Gasteiger partial charge in [-0.3, -0.25) is 29.3 Å². The second kappa shape index (κ2) is 12.3. The maximum atomic E-state index is 13.2. The zero-order chi connectivity index (χ0) is 27.1. The summed E-state index contributed by atoms with van der Waals surface area (Å²) in [4.78, 5) is 63.0. The van der Waals surface area contributed by atoms with Crippen LogP contribution in [0, 0.1) is 24.7 Å². The highest BCUT2D eigenvalue weighted by atomic mass is 16.2. The number of benzene rings is 2. The van der Waals surface area contributed by atoms with Gasteiger partial charge in [0.2, 0.25) is 23.6 Å². The Bertz CT molecular complexity index is 1190. The summed E-state index contributed by atoms with van der Waals surface area (Å²) in [5.41, 5.74) is 2.72. The number of aryl methyl sites for hydroxylation is 1. The number of imide groups is 1. The van der Waals surface area contributed by atoms with Crippen molar-refractivity contribution < 1.29 is 24.0 Å². The van der Waals surface area contributed by atoms with Crippen LogP contribution in [-0.4, -0.2) is 35.5 Å². The molecule has 0 saturated carbocycles. The van der Waals surface area contributed by atoms with Crippen molar-refractivity contribution in [3.63, 3.8) is 0 Å². The molecular formula is C29H33N3O5. The zero-order valence-corrected chi connectivity index (χ0v) is 21.5. The average Bonchev–Trinajstić information content (AvgIpc) is 3.12. The number of nitrogens with one attached hydrogen (secondary N) is 3. The SMILES string of the molecule is Cc1ccc(/C=C/C(=O)N[C@@H](CC(=O)N[C@H](C(=O)[C@@H]2C(=O)NC(=O)[C@H]2C)C(C)C)c2ccccc2)cc1. The van der Waals surface area contributed by atoms with E-state index in [0.717, 1.165) is 16.7 Å². The van der Waals surface area contributed by atoms with E-state index in [4.69, 9.17) is 0 Å².